The van der Waals surface area contributed by atoms with Crippen LogP contribution in [0.4, 0.5) is 5.00 Å². The lowest BCUT2D eigenvalue weighted by molar-refractivity contribution is 0.532. The van der Waals surface area contributed by atoms with Gasteiger partial charge in [0.25, 0.3) is 0 Å². The van der Waals surface area contributed by atoms with E-state index in [2.05, 4.69) is 23.9 Å². The second kappa shape index (κ2) is 5.09. The smallest absolute Gasteiger partial charge is 0.126 e. The maximum absolute atomic E-state index is 6.12. The summed E-state index contributed by atoms with van der Waals surface area (Å²) in [6.45, 7) is 4.19. The molecule has 0 bridgehead atoms. The molecule has 2 N–H and O–H groups in total. The predicted octanol–water partition coefficient (Wildman–Crippen LogP) is 3.84. The van der Waals surface area contributed by atoms with Crippen molar-refractivity contribution in [2.45, 2.75) is 19.9 Å². The van der Waals surface area contributed by atoms with Crippen LogP contribution in [0.2, 0.25) is 0 Å². The summed E-state index contributed by atoms with van der Waals surface area (Å²) < 4.78 is 1.91. The van der Waals surface area contributed by atoms with E-state index in [4.69, 9.17) is 5.73 Å². The number of aromatic nitrogens is 3. The summed E-state index contributed by atoms with van der Waals surface area (Å²) in [5, 5.41) is 6.01. The van der Waals surface area contributed by atoms with E-state index < -0.39 is 0 Å². The lowest BCUT2D eigenvalue weighted by Crippen LogP contribution is -1.99. The number of nitrogens with two attached hydrogens (primary N) is 1. The average Bonchev–Trinajstić information content (AvgIpc) is 3.06. The molecule has 0 fully saturated rings. The Morgan fingerprint density at radius 2 is 1.90 bits per heavy atom. The van der Waals surface area contributed by atoms with E-state index >= 15 is 0 Å². The first kappa shape index (κ1) is 12.9. The van der Waals surface area contributed by atoms with Crippen molar-refractivity contribution < 1.29 is 0 Å². The van der Waals surface area contributed by atoms with E-state index in [1.807, 2.05) is 47.4 Å². The van der Waals surface area contributed by atoms with Gasteiger partial charge in [-0.05, 0) is 13.8 Å². The average molecular weight is 284 g/mol. The van der Waals surface area contributed by atoms with Crippen LogP contribution in [-0.4, -0.2) is 14.8 Å². The standard InChI is InChI=1S/C15H16N4S/c1-10(2)19-9-12(8-17-19)13-14(16)20-15(18-13)11-6-4-3-5-7-11/h3-10H,16H2,1-2H3. The van der Waals surface area contributed by atoms with E-state index in [9.17, 15) is 0 Å². The highest BCUT2D eigenvalue weighted by Crippen LogP contribution is 2.35. The van der Waals surface area contributed by atoms with Crippen molar-refractivity contribution in [1.29, 1.82) is 0 Å². The first-order chi connectivity index (χ1) is 9.65. The van der Waals surface area contributed by atoms with Crippen LogP contribution in [0.1, 0.15) is 19.9 Å². The van der Waals surface area contributed by atoms with Crippen molar-refractivity contribution in [3.63, 3.8) is 0 Å². The molecule has 2 aromatic heterocycles. The van der Waals surface area contributed by atoms with Crippen molar-refractivity contribution in [3.8, 4) is 21.8 Å². The normalized spacial score (nSPS) is 11.2. The van der Waals surface area contributed by atoms with Gasteiger partial charge in [0.05, 0.1) is 6.20 Å². The Balaban J connectivity index is 2.00. The molecular formula is C15H16N4S. The first-order valence-corrected chi connectivity index (χ1v) is 7.33. The molecule has 0 saturated carbocycles. The Labute approximate surface area is 121 Å². The molecule has 0 amide bonds. The molecule has 3 aromatic rings. The summed E-state index contributed by atoms with van der Waals surface area (Å²) in [7, 11) is 0. The van der Waals surface area contributed by atoms with Gasteiger partial charge in [-0.1, -0.05) is 41.7 Å². The zero-order valence-corrected chi connectivity index (χ0v) is 12.3. The molecule has 0 unspecified atom stereocenters. The van der Waals surface area contributed by atoms with Crippen LogP contribution in [0.25, 0.3) is 21.8 Å². The first-order valence-electron chi connectivity index (χ1n) is 6.51. The van der Waals surface area contributed by atoms with Crippen LogP contribution < -0.4 is 5.73 Å². The maximum Gasteiger partial charge on any atom is 0.126 e. The predicted molar refractivity (Wildman–Crippen MR) is 83.6 cm³/mol. The lowest BCUT2D eigenvalue weighted by Gasteiger charge is -2.02. The van der Waals surface area contributed by atoms with Crippen molar-refractivity contribution in [2.75, 3.05) is 5.73 Å². The van der Waals surface area contributed by atoms with Gasteiger partial charge in [-0.25, -0.2) is 4.98 Å². The number of rotatable bonds is 3. The van der Waals surface area contributed by atoms with Gasteiger partial charge in [0.2, 0.25) is 0 Å². The molecule has 4 nitrogen and oxygen atoms in total. The Morgan fingerprint density at radius 1 is 1.15 bits per heavy atom. The maximum atomic E-state index is 6.12. The molecule has 0 aliphatic carbocycles. The zero-order chi connectivity index (χ0) is 14.1. The highest BCUT2D eigenvalue weighted by Gasteiger charge is 2.14. The minimum atomic E-state index is 0.331. The Morgan fingerprint density at radius 3 is 2.55 bits per heavy atom. The lowest BCUT2D eigenvalue weighted by atomic mass is 10.2. The van der Waals surface area contributed by atoms with E-state index in [0.717, 1.165) is 26.8 Å². The summed E-state index contributed by atoms with van der Waals surface area (Å²) in [5.74, 6) is 0. The van der Waals surface area contributed by atoms with E-state index in [1.54, 1.807) is 0 Å². The SMILES string of the molecule is CC(C)n1cc(-c2nc(-c3ccccc3)sc2N)cn1. The van der Waals surface area contributed by atoms with E-state index in [0.29, 0.717) is 6.04 Å². The van der Waals surface area contributed by atoms with Crippen LogP contribution in [0, 0.1) is 0 Å². The summed E-state index contributed by atoms with van der Waals surface area (Å²) in [6.07, 6.45) is 3.81. The zero-order valence-electron chi connectivity index (χ0n) is 11.4. The number of hydrogen-bond acceptors (Lipinski definition) is 4. The minimum Gasteiger partial charge on any atom is -0.389 e. The largest absolute Gasteiger partial charge is 0.389 e. The van der Waals surface area contributed by atoms with Crippen molar-refractivity contribution in [3.05, 3.63) is 42.7 Å². The van der Waals surface area contributed by atoms with Gasteiger partial charge in [-0.3, -0.25) is 4.68 Å². The monoisotopic (exact) mass is 284 g/mol. The molecule has 102 valence electrons. The molecule has 0 aliphatic rings. The topological polar surface area (TPSA) is 56.7 Å². The molecule has 0 aliphatic heterocycles. The molecule has 0 saturated heterocycles. The van der Waals surface area contributed by atoms with Gasteiger partial charge >= 0.3 is 0 Å². The van der Waals surface area contributed by atoms with Crippen molar-refractivity contribution in [2.24, 2.45) is 0 Å². The van der Waals surface area contributed by atoms with Gasteiger partial charge in [0, 0.05) is 23.4 Å². The number of nitrogens with zero attached hydrogens (tertiary/aromatic N) is 3. The molecule has 1 aromatic carbocycles. The molecule has 0 spiro atoms. The van der Waals surface area contributed by atoms with Crippen molar-refractivity contribution >= 4 is 16.3 Å². The molecule has 0 radical (unpaired) electrons. The van der Waals surface area contributed by atoms with Crippen molar-refractivity contribution in [1.82, 2.24) is 14.8 Å². The number of benzene rings is 1. The van der Waals surface area contributed by atoms with Crippen LogP contribution >= 0.6 is 11.3 Å². The molecule has 5 heteroatoms. The highest BCUT2D eigenvalue weighted by molar-refractivity contribution is 7.19. The minimum absolute atomic E-state index is 0.331. The summed E-state index contributed by atoms with van der Waals surface area (Å²) in [4.78, 5) is 4.66. The molecule has 0 atom stereocenters. The second-order valence-electron chi connectivity index (χ2n) is 4.90. The van der Waals surface area contributed by atoms with Gasteiger partial charge in [0.1, 0.15) is 15.7 Å². The van der Waals surface area contributed by atoms with Crippen LogP contribution in [0.3, 0.4) is 0 Å². The fourth-order valence-corrected chi connectivity index (χ4v) is 2.85. The van der Waals surface area contributed by atoms with Gasteiger partial charge in [-0.2, -0.15) is 5.10 Å². The molecule has 3 rings (SSSR count). The van der Waals surface area contributed by atoms with E-state index in [-0.39, 0.29) is 0 Å². The molecular weight excluding hydrogens is 268 g/mol. The number of thiazole rings is 1. The summed E-state index contributed by atoms with van der Waals surface area (Å²) >= 11 is 1.51. The Kier molecular flexibility index (Phi) is 3.28. The van der Waals surface area contributed by atoms with E-state index in [1.165, 1.54) is 11.3 Å². The van der Waals surface area contributed by atoms with Crippen LogP contribution in [-0.2, 0) is 0 Å². The third-order valence-corrected chi connectivity index (χ3v) is 4.01. The fraction of sp³-hybridized carbons (Fsp3) is 0.200. The number of anilines is 1. The number of hydrogen-bond donors (Lipinski definition) is 1. The Hall–Kier alpha value is -2.14. The Bertz CT molecular complexity index is 713. The third-order valence-electron chi connectivity index (χ3n) is 3.08. The highest BCUT2D eigenvalue weighted by atomic mass is 32.1. The quantitative estimate of drug-likeness (QED) is 0.795. The van der Waals surface area contributed by atoms with Gasteiger partial charge in [0.15, 0.2) is 0 Å². The molecule has 20 heavy (non-hydrogen) atoms. The fourth-order valence-electron chi connectivity index (χ4n) is 1.99. The molecule has 2 heterocycles. The summed E-state index contributed by atoms with van der Waals surface area (Å²) in [6, 6.07) is 10.4. The van der Waals surface area contributed by atoms with Gasteiger partial charge < -0.3 is 5.73 Å². The summed E-state index contributed by atoms with van der Waals surface area (Å²) in [5.41, 5.74) is 8.99. The van der Waals surface area contributed by atoms with Crippen LogP contribution in [0.5, 0.6) is 0 Å². The van der Waals surface area contributed by atoms with Gasteiger partial charge in [-0.15, -0.1) is 0 Å². The third kappa shape index (κ3) is 2.32. The number of nitrogen functional groups attached to an aromatic ring is 1. The second-order valence-corrected chi connectivity index (χ2v) is 5.93. The van der Waals surface area contributed by atoms with Crippen LogP contribution in [0.15, 0.2) is 42.7 Å².